The molecule has 0 aliphatic carbocycles. The van der Waals surface area contributed by atoms with E-state index in [1.165, 1.54) is 0 Å². The van der Waals surface area contributed by atoms with E-state index in [1.807, 2.05) is 44.4 Å². The molecule has 2 heterocycles. The number of aryl methyl sites for hydroxylation is 2. The van der Waals surface area contributed by atoms with Crippen molar-refractivity contribution >= 4 is 0 Å². The Labute approximate surface area is 83.9 Å². The summed E-state index contributed by atoms with van der Waals surface area (Å²) >= 11 is 0. The Morgan fingerprint density at radius 2 is 1.50 bits per heavy atom. The van der Waals surface area contributed by atoms with Gasteiger partial charge in [0.1, 0.15) is 0 Å². The topological polar surface area (TPSA) is 16.8 Å². The van der Waals surface area contributed by atoms with Crippen LogP contribution in [0.4, 0.5) is 0 Å². The normalized spacial score (nSPS) is 10.1. The van der Waals surface area contributed by atoms with Crippen LogP contribution in [0.3, 0.4) is 0 Å². The van der Waals surface area contributed by atoms with E-state index < -0.39 is 0 Å². The summed E-state index contributed by atoms with van der Waals surface area (Å²) in [6.07, 6.45) is 4.07. The zero-order valence-electron chi connectivity index (χ0n) is 8.44. The van der Waals surface area contributed by atoms with Crippen molar-refractivity contribution in [3.05, 3.63) is 54.1 Å². The summed E-state index contributed by atoms with van der Waals surface area (Å²) < 4.78 is 2.08. The summed E-state index contributed by atoms with van der Waals surface area (Å²) in [5.74, 6) is 0. The lowest BCUT2D eigenvalue weighted by Crippen LogP contribution is -2.29. The lowest BCUT2D eigenvalue weighted by molar-refractivity contribution is -0.595. The van der Waals surface area contributed by atoms with E-state index in [0.29, 0.717) is 0 Å². The van der Waals surface area contributed by atoms with Gasteiger partial charge in [-0.3, -0.25) is 4.98 Å². The molecule has 0 N–H and O–H groups in total. The Bertz CT molecular complexity index is 415. The van der Waals surface area contributed by atoms with Crippen molar-refractivity contribution in [3.63, 3.8) is 0 Å². The molecule has 0 radical (unpaired) electrons. The molecular formula is C12H13N2+. The van der Waals surface area contributed by atoms with Gasteiger partial charge in [-0.05, 0) is 13.8 Å². The second kappa shape index (κ2) is 3.58. The lowest BCUT2D eigenvalue weighted by Gasteiger charge is -1.98. The molecule has 2 aromatic rings. The van der Waals surface area contributed by atoms with Crippen LogP contribution in [0.2, 0.25) is 0 Å². The van der Waals surface area contributed by atoms with Gasteiger partial charge >= 0.3 is 0 Å². The van der Waals surface area contributed by atoms with Crippen LogP contribution in [-0.4, -0.2) is 4.98 Å². The second-order valence-electron chi connectivity index (χ2n) is 3.39. The van der Waals surface area contributed by atoms with Gasteiger partial charge < -0.3 is 0 Å². The first-order chi connectivity index (χ1) is 6.75. The molecule has 0 saturated carbocycles. The van der Waals surface area contributed by atoms with Crippen molar-refractivity contribution in [1.82, 2.24) is 4.98 Å². The third-order valence-corrected chi connectivity index (χ3v) is 2.08. The predicted molar refractivity (Wildman–Crippen MR) is 55.2 cm³/mol. The quantitative estimate of drug-likeness (QED) is 0.621. The number of rotatable bonds is 1. The molecule has 0 unspecified atom stereocenters. The van der Waals surface area contributed by atoms with Gasteiger partial charge in [0.2, 0.25) is 5.69 Å². The molecule has 2 heteroatoms. The van der Waals surface area contributed by atoms with Crippen LogP contribution in [0, 0.1) is 13.8 Å². The molecule has 2 rings (SSSR count). The summed E-state index contributed by atoms with van der Waals surface area (Å²) in [7, 11) is 0. The van der Waals surface area contributed by atoms with E-state index >= 15 is 0 Å². The summed E-state index contributed by atoms with van der Waals surface area (Å²) in [5.41, 5.74) is 3.27. The standard InChI is InChI=1S/C12H13N2/c1-10-8-12(9-11(2)13-10)14-6-4-3-5-7-14/h3-9H,1-2H3/q+1. The first-order valence-electron chi connectivity index (χ1n) is 4.68. The summed E-state index contributed by atoms with van der Waals surface area (Å²) in [6, 6.07) is 10.2. The lowest BCUT2D eigenvalue weighted by atomic mass is 10.2. The molecule has 0 spiro atoms. The van der Waals surface area contributed by atoms with Gasteiger partial charge in [-0.15, -0.1) is 0 Å². The number of nitrogens with zero attached hydrogens (tertiary/aromatic N) is 2. The van der Waals surface area contributed by atoms with Crippen molar-refractivity contribution in [2.45, 2.75) is 13.8 Å². The van der Waals surface area contributed by atoms with Crippen LogP contribution in [0.25, 0.3) is 5.69 Å². The number of hydrogen-bond donors (Lipinski definition) is 0. The molecule has 0 fully saturated rings. The van der Waals surface area contributed by atoms with Crippen molar-refractivity contribution in [3.8, 4) is 5.69 Å². The predicted octanol–water partition coefficient (Wildman–Crippen LogP) is 1.98. The van der Waals surface area contributed by atoms with E-state index in [0.717, 1.165) is 17.1 Å². The van der Waals surface area contributed by atoms with Gasteiger partial charge in [0, 0.05) is 35.7 Å². The van der Waals surface area contributed by atoms with E-state index in [9.17, 15) is 0 Å². The fourth-order valence-electron chi connectivity index (χ4n) is 1.53. The van der Waals surface area contributed by atoms with E-state index in [1.54, 1.807) is 0 Å². The number of pyridine rings is 2. The largest absolute Gasteiger partial charge is 0.258 e. The highest BCUT2D eigenvalue weighted by atomic mass is 14.9. The number of hydrogen-bond acceptors (Lipinski definition) is 1. The maximum atomic E-state index is 4.35. The van der Waals surface area contributed by atoms with Gasteiger partial charge in [-0.25, -0.2) is 0 Å². The average molecular weight is 185 g/mol. The first-order valence-corrected chi connectivity index (χ1v) is 4.68. The molecule has 14 heavy (non-hydrogen) atoms. The Morgan fingerprint density at radius 3 is 2.07 bits per heavy atom. The average Bonchev–Trinajstić information content (AvgIpc) is 2.18. The highest BCUT2D eigenvalue weighted by Gasteiger charge is 2.05. The van der Waals surface area contributed by atoms with Crippen LogP contribution in [0.15, 0.2) is 42.7 Å². The SMILES string of the molecule is Cc1cc(-[n+]2ccccc2)cc(C)n1. The summed E-state index contributed by atoms with van der Waals surface area (Å²) in [6.45, 7) is 4.03. The van der Waals surface area contributed by atoms with Crippen LogP contribution in [0.5, 0.6) is 0 Å². The Balaban J connectivity index is 2.52. The fraction of sp³-hybridized carbons (Fsp3) is 0.167. The van der Waals surface area contributed by atoms with Crippen molar-refractivity contribution in [1.29, 1.82) is 0 Å². The molecule has 2 aromatic heterocycles. The fourth-order valence-corrected chi connectivity index (χ4v) is 1.53. The third-order valence-electron chi connectivity index (χ3n) is 2.08. The molecule has 0 aliphatic rings. The molecule has 0 aliphatic heterocycles. The van der Waals surface area contributed by atoms with Gasteiger partial charge in [-0.2, -0.15) is 4.57 Å². The highest BCUT2D eigenvalue weighted by molar-refractivity contribution is 5.26. The Hall–Kier alpha value is -1.70. The minimum atomic E-state index is 1.05. The maximum absolute atomic E-state index is 4.35. The molecule has 0 bridgehead atoms. The van der Waals surface area contributed by atoms with Crippen LogP contribution in [-0.2, 0) is 0 Å². The van der Waals surface area contributed by atoms with Crippen LogP contribution in [0.1, 0.15) is 11.4 Å². The van der Waals surface area contributed by atoms with Gasteiger partial charge in [-0.1, -0.05) is 6.07 Å². The van der Waals surface area contributed by atoms with Crippen molar-refractivity contribution < 1.29 is 4.57 Å². The molecule has 0 atom stereocenters. The highest BCUT2D eigenvalue weighted by Crippen LogP contribution is 2.03. The number of aromatic nitrogens is 2. The second-order valence-corrected chi connectivity index (χ2v) is 3.39. The monoisotopic (exact) mass is 185 g/mol. The summed E-state index contributed by atoms with van der Waals surface area (Å²) in [4.78, 5) is 4.35. The molecule has 70 valence electrons. The minimum absolute atomic E-state index is 1.05. The third kappa shape index (κ3) is 1.79. The molecular weight excluding hydrogens is 172 g/mol. The summed E-state index contributed by atoms with van der Waals surface area (Å²) in [5, 5.41) is 0. The van der Waals surface area contributed by atoms with Crippen molar-refractivity contribution in [2.24, 2.45) is 0 Å². The zero-order chi connectivity index (χ0) is 9.97. The van der Waals surface area contributed by atoms with E-state index in [4.69, 9.17) is 0 Å². The van der Waals surface area contributed by atoms with E-state index in [-0.39, 0.29) is 0 Å². The maximum Gasteiger partial charge on any atom is 0.214 e. The molecule has 0 aromatic carbocycles. The van der Waals surface area contributed by atoms with Gasteiger partial charge in [0.15, 0.2) is 12.4 Å². The molecule has 2 nitrogen and oxygen atoms in total. The minimum Gasteiger partial charge on any atom is -0.258 e. The molecule has 0 saturated heterocycles. The van der Waals surface area contributed by atoms with Gasteiger partial charge in [0.25, 0.3) is 0 Å². The smallest absolute Gasteiger partial charge is 0.214 e. The Kier molecular flexibility index (Phi) is 2.27. The van der Waals surface area contributed by atoms with Gasteiger partial charge in [0.05, 0.1) is 0 Å². The van der Waals surface area contributed by atoms with E-state index in [2.05, 4.69) is 21.7 Å². The van der Waals surface area contributed by atoms with Crippen LogP contribution >= 0.6 is 0 Å². The Morgan fingerprint density at radius 1 is 0.929 bits per heavy atom. The molecule has 0 amide bonds. The van der Waals surface area contributed by atoms with Crippen molar-refractivity contribution in [2.75, 3.05) is 0 Å². The van der Waals surface area contributed by atoms with Crippen LogP contribution < -0.4 is 4.57 Å². The first kappa shape index (κ1) is 8.88. The zero-order valence-corrected chi connectivity index (χ0v) is 8.44.